The van der Waals surface area contributed by atoms with Gasteiger partial charge in [0.15, 0.2) is 15.6 Å². The number of ketones is 1. The Hall–Kier alpha value is -11.7. The van der Waals surface area contributed by atoms with Gasteiger partial charge in [-0.2, -0.15) is 0 Å². The number of hydrogen-bond donors (Lipinski definition) is 12. The Morgan fingerprint density at radius 2 is 1.32 bits per heavy atom. The van der Waals surface area contributed by atoms with Crippen molar-refractivity contribution >= 4 is 141 Å². The molecule has 33 nitrogen and oxygen atoms in total. The van der Waals surface area contributed by atoms with Gasteiger partial charge in [-0.15, -0.1) is 5.10 Å². The van der Waals surface area contributed by atoms with E-state index in [0.717, 1.165) is 48.7 Å². The Bertz CT molecular complexity index is 5480. The number of unbranched alkanes of at least 4 members (excludes halogenated alkanes) is 5. The number of allylic oxidation sites excluding steroid dienone is 1. The highest BCUT2D eigenvalue weighted by molar-refractivity contribution is 8.77. The zero-order chi connectivity index (χ0) is 95.3. The first-order valence-electron chi connectivity index (χ1n) is 44.4. The summed E-state index contributed by atoms with van der Waals surface area (Å²) in [4.78, 5) is 189. The Balaban J connectivity index is 0.853. The van der Waals surface area contributed by atoms with E-state index in [-0.39, 0.29) is 136 Å². The summed E-state index contributed by atoms with van der Waals surface area (Å²) in [6, 6.07) is 33.7. The van der Waals surface area contributed by atoms with E-state index in [1.807, 2.05) is 78.9 Å². The molecule has 708 valence electrons. The Morgan fingerprint density at radius 3 is 2.03 bits per heavy atom. The number of imide groups is 1. The van der Waals surface area contributed by atoms with Gasteiger partial charge in [-0.05, 0) is 162 Å². The predicted molar refractivity (Wildman–Crippen MR) is 511 cm³/mol. The van der Waals surface area contributed by atoms with Gasteiger partial charge in [0.25, 0.3) is 11.8 Å². The first kappa shape index (κ1) is 102. The number of carbonyl (C=O) groups excluding carboxylic acids is 13. The molecule has 0 bridgehead atoms. The Labute approximate surface area is 788 Å². The van der Waals surface area contributed by atoms with E-state index in [1.165, 1.54) is 64.9 Å². The summed E-state index contributed by atoms with van der Waals surface area (Å²) in [7, 11) is 0.219. The summed E-state index contributed by atoms with van der Waals surface area (Å²) in [6.45, 7) is 5.57. The van der Waals surface area contributed by atoms with Crippen LogP contribution in [0, 0.1) is 5.92 Å². The molecule has 1 saturated heterocycles. The standard InChI is InChI=1S/C95H115N15O18S5/c1-59(111)83-93(124)102-76(92(123)105-86(87(97)118)95(2,3)132-129-4)57-131-130-56-75(78(113)54-65(51-61-38-42-66(112)43-39-61)88(119)100-74(53-63-41-40-62-27-15-17-32-69(62)63)91(122)99-72(89(120)104-83)35-21-22-47-96)101-90(121)73(52-60-25-9-5-10-26-60)103-94(125)128-67(58-133(126,127)68-30-12-6-13-31-68)29-11-7-24-50-110-85-71-34-19-20-36-77(71)109(55-64-28-16-18-33-70(64)84(85)106-107-110)82(117)46-48-98-79(114)37-14-8-23-49-108-80(115)44-45-81(108)116/h5-6,9-10,12-13,15-20,25-28,30-34,36,38-39,41-45,59,65,67,72-76,83,86,111-112H,7-8,11,14,21-24,29,35,37,40,46-58,96H2,1-4H3,(H2,97,118)(H,98,114)(H,99,122)(H,100,119)(H,101,121)(H,102,124)(H,103,125)(H,104,120)(H,105,123)/t59-,65-,67?,72+,73-,74-,75+,76+,83+,86-/m1/s1. The predicted octanol–water partition coefficient (Wildman–Crippen LogP) is 7.83. The van der Waals surface area contributed by atoms with Gasteiger partial charge in [0.2, 0.25) is 53.2 Å². The molecule has 14 N–H and O–H groups in total. The molecule has 133 heavy (non-hydrogen) atoms. The number of aromatic nitrogens is 3. The Kier molecular flexibility index (Phi) is 37.8. The lowest BCUT2D eigenvalue weighted by Gasteiger charge is -2.33. The number of aryl methyl sites for hydroxylation is 1. The van der Waals surface area contributed by atoms with E-state index < -0.39 is 140 Å². The number of hydrogen-bond acceptors (Lipinski definition) is 25. The van der Waals surface area contributed by atoms with E-state index in [9.17, 15) is 61.8 Å². The number of phenolic OH excluding ortho intramolecular Hbond substituents is 1. The van der Waals surface area contributed by atoms with Gasteiger partial charge < -0.3 is 73.9 Å². The highest BCUT2D eigenvalue weighted by atomic mass is 33.1. The molecule has 1 unspecified atom stereocenters. The number of anilines is 1. The van der Waals surface area contributed by atoms with Gasteiger partial charge in [-0.1, -0.05) is 195 Å². The van der Waals surface area contributed by atoms with Crippen LogP contribution in [0.25, 0.3) is 28.1 Å². The number of alkyl carbamates (subject to hydrolysis) is 1. The molecule has 38 heteroatoms. The maximum atomic E-state index is 15.8. The third-order valence-electron chi connectivity index (χ3n) is 23.3. The van der Waals surface area contributed by atoms with Gasteiger partial charge >= 0.3 is 6.09 Å². The van der Waals surface area contributed by atoms with E-state index in [1.54, 1.807) is 90.3 Å². The second kappa shape index (κ2) is 49.3. The lowest BCUT2D eigenvalue weighted by molar-refractivity contribution is -0.137. The van der Waals surface area contributed by atoms with Crippen molar-refractivity contribution in [1.29, 1.82) is 0 Å². The number of para-hydroxylation sites is 1. The maximum absolute atomic E-state index is 15.8. The number of nitrogens with zero attached hydrogens (tertiary/aromatic N) is 5. The van der Waals surface area contributed by atoms with Gasteiger partial charge in [0.05, 0.1) is 40.7 Å². The zero-order valence-corrected chi connectivity index (χ0v) is 78.6. The van der Waals surface area contributed by atoms with E-state index in [0.29, 0.717) is 84.3 Å². The number of phenols is 1. The molecule has 11 rings (SSSR count). The summed E-state index contributed by atoms with van der Waals surface area (Å²) in [5.74, 6) is -11.2. The van der Waals surface area contributed by atoms with Crippen molar-refractivity contribution in [3.63, 3.8) is 0 Å². The van der Waals surface area contributed by atoms with Crippen LogP contribution >= 0.6 is 43.2 Å². The number of Topliss-reactive ketones (excluding diaryl/α,β-unsaturated/α-hetero) is 1. The molecule has 10 atom stereocenters. The van der Waals surface area contributed by atoms with Crippen LogP contribution < -0.4 is 58.9 Å². The summed E-state index contributed by atoms with van der Waals surface area (Å²) in [6.07, 6.45) is 4.84. The molecular weight excluding hydrogens is 1800 g/mol. The minimum absolute atomic E-state index is 0.0103. The number of aromatic hydroxyl groups is 1. The van der Waals surface area contributed by atoms with Crippen molar-refractivity contribution in [2.45, 2.75) is 207 Å². The number of sulfone groups is 1. The van der Waals surface area contributed by atoms with Crippen LogP contribution in [-0.2, 0) is 104 Å². The quantitative estimate of drug-likeness (QED) is 0.00991. The van der Waals surface area contributed by atoms with Crippen LogP contribution in [0.4, 0.5) is 10.5 Å². The third-order valence-corrected chi connectivity index (χ3v) is 30.2. The fourth-order valence-electron chi connectivity index (χ4n) is 16.2. The van der Waals surface area contributed by atoms with Crippen molar-refractivity contribution < 1.29 is 85.7 Å². The number of ether oxygens (including phenoxy) is 1. The molecule has 3 aliphatic heterocycles. The SMILES string of the molecule is CSSC(C)(C)[C@H](NC(=O)[C@@H]1CSSC[C@H](NC(=O)[C@@H](Cc2ccccc2)NC(=O)OC(CCCCCn2nnc3c2-c2ccccc2N(C(=O)CCNC(=O)CCCCCN2C(=O)C=CC2=O)Cc2ccccc2-3)CS(=O)(=O)c2ccccc2)C(=O)C[C@@H](Cc2ccc(O)cc2)C(=O)N[C@H](CC2=CCc3ccccc32)C(=O)N[C@@H](CCCCN)C(=O)N[C@@H]([C@@H](C)O)C(=O)N1)C(N)=O. The molecule has 0 radical (unpaired) electrons. The molecule has 0 saturated carbocycles. The normalized spacial score (nSPS) is 19.0. The largest absolute Gasteiger partial charge is 0.508 e. The summed E-state index contributed by atoms with van der Waals surface area (Å²) in [5, 5.41) is 53.3. The molecular formula is C95H115N15O18S5. The lowest BCUT2D eigenvalue weighted by Crippen LogP contribution is -2.63. The van der Waals surface area contributed by atoms with Crippen LogP contribution in [0.15, 0.2) is 181 Å². The topological polar surface area (TPSA) is 491 Å². The number of fused-ring (bicyclic) bond motifs is 6. The number of nitrogens with two attached hydrogens (primary N) is 2. The van der Waals surface area contributed by atoms with Crippen molar-refractivity contribution in [2.24, 2.45) is 17.4 Å². The molecule has 7 aromatic rings. The van der Waals surface area contributed by atoms with Crippen LogP contribution in [0.1, 0.15) is 138 Å². The number of nitrogens with one attached hydrogen (secondary N) is 8. The summed E-state index contributed by atoms with van der Waals surface area (Å²) >= 11 is 0. The van der Waals surface area contributed by atoms with E-state index in [2.05, 4.69) is 47.7 Å². The average molecular weight is 1920 g/mol. The second-order valence-electron chi connectivity index (χ2n) is 33.6. The van der Waals surface area contributed by atoms with Crippen molar-refractivity contribution in [3.8, 4) is 28.3 Å². The first-order chi connectivity index (χ1) is 63.9. The molecule has 1 aliphatic carbocycles. The lowest BCUT2D eigenvalue weighted by atomic mass is 9.90. The summed E-state index contributed by atoms with van der Waals surface area (Å²) < 4.78 is 35.7. The fraction of sp³-hybridized carbons (Fsp3) is 0.421. The number of amides is 12. The molecule has 4 heterocycles. The van der Waals surface area contributed by atoms with Crippen molar-refractivity contribution in [1.82, 2.24) is 62.4 Å². The van der Waals surface area contributed by atoms with Crippen LogP contribution in [-0.4, -0.2) is 218 Å². The van der Waals surface area contributed by atoms with E-state index >= 15 is 19.2 Å². The second-order valence-corrected chi connectivity index (χ2v) is 41.3. The molecule has 6 aromatic carbocycles. The van der Waals surface area contributed by atoms with Crippen LogP contribution in [0.3, 0.4) is 0 Å². The number of primary amides is 1. The number of aliphatic hydroxyl groups excluding tert-OH is 1. The van der Waals surface area contributed by atoms with Crippen LogP contribution in [0.5, 0.6) is 5.75 Å². The number of rotatable bonds is 39. The minimum atomic E-state index is -4.20. The number of benzene rings is 6. The average Bonchev–Trinajstić information content (AvgIpc) is 1.66. The highest BCUT2D eigenvalue weighted by Crippen LogP contribution is 2.43. The third kappa shape index (κ3) is 28.9. The smallest absolute Gasteiger partial charge is 0.408 e. The minimum Gasteiger partial charge on any atom is -0.508 e. The fourth-order valence-corrected chi connectivity index (χ4v) is 22.4. The van der Waals surface area contributed by atoms with E-state index in [4.69, 9.17) is 21.3 Å². The van der Waals surface area contributed by atoms with Gasteiger partial charge in [-0.25, -0.2) is 17.9 Å². The van der Waals surface area contributed by atoms with Gasteiger partial charge in [0, 0.05) is 97.2 Å². The monoisotopic (exact) mass is 1910 g/mol. The highest BCUT2D eigenvalue weighted by Gasteiger charge is 2.42. The van der Waals surface area contributed by atoms with Crippen LogP contribution in [0.2, 0.25) is 0 Å². The molecule has 0 spiro atoms. The van der Waals surface area contributed by atoms with Gasteiger partial charge in [0.1, 0.15) is 53.8 Å². The molecule has 12 amide bonds. The maximum Gasteiger partial charge on any atom is 0.408 e. The number of aliphatic hydroxyl groups is 1. The zero-order valence-electron chi connectivity index (χ0n) is 74.6. The van der Waals surface area contributed by atoms with Gasteiger partial charge in [-0.3, -0.25) is 62.4 Å². The number of carbonyl (C=O) groups is 13. The molecule has 1 aromatic heterocycles. The molecule has 1 fully saturated rings. The Morgan fingerprint density at radius 1 is 0.677 bits per heavy atom. The first-order valence-corrected chi connectivity index (χ1v) is 51.1. The molecule has 4 aliphatic rings. The van der Waals surface area contributed by atoms with Crippen molar-refractivity contribution in [3.05, 3.63) is 204 Å². The summed E-state index contributed by atoms with van der Waals surface area (Å²) in [5.41, 5.74) is 19.3. The van der Waals surface area contributed by atoms with Crippen molar-refractivity contribution in [2.75, 3.05) is 48.0 Å².